The summed E-state index contributed by atoms with van der Waals surface area (Å²) in [6.45, 7) is 4.04. The van der Waals surface area contributed by atoms with E-state index in [4.69, 9.17) is 5.73 Å². The zero-order valence-corrected chi connectivity index (χ0v) is 9.21. The molecule has 3 heteroatoms. The van der Waals surface area contributed by atoms with E-state index in [0.717, 1.165) is 19.3 Å². The minimum atomic E-state index is 0.104. The van der Waals surface area contributed by atoms with Crippen molar-refractivity contribution in [2.24, 2.45) is 11.7 Å². The van der Waals surface area contributed by atoms with E-state index in [1.165, 1.54) is 0 Å². The normalized spacial score (nSPS) is 15.2. The fourth-order valence-electron chi connectivity index (χ4n) is 1.23. The third kappa shape index (κ3) is 4.88. The first kappa shape index (κ1) is 12.4. The molecule has 78 valence electrons. The smallest absolute Gasteiger partial charge is 0.224 e. The van der Waals surface area contributed by atoms with E-state index >= 15 is 0 Å². The highest BCUT2D eigenvalue weighted by Gasteiger charge is 2.15. The Morgan fingerprint density at radius 1 is 1.38 bits per heavy atom. The molecule has 3 nitrogen and oxygen atoms in total. The predicted octanol–water partition coefficient (Wildman–Crippen LogP) is 1.23. The molecule has 2 unspecified atom stereocenters. The Morgan fingerprint density at radius 3 is 2.31 bits per heavy atom. The summed E-state index contributed by atoms with van der Waals surface area (Å²) in [6, 6.07) is 0.248. The van der Waals surface area contributed by atoms with Crippen LogP contribution >= 0.6 is 0 Å². The molecule has 0 heterocycles. The van der Waals surface area contributed by atoms with E-state index in [-0.39, 0.29) is 17.9 Å². The van der Waals surface area contributed by atoms with Gasteiger partial charge in [-0.25, -0.2) is 0 Å². The molecule has 2 atom stereocenters. The van der Waals surface area contributed by atoms with Gasteiger partial charge < -0.3 is 10.6 Å². The molecule has 0 aliphatic rings. The van der Waals surface area contributed by atoms with Crippen molar-refractivity contribution in [1.29, 1.82) is 0 Å². The Kier molecular flexibility index (Phi) is 5.71. The van der Waals surface area contributed by atoms with Gasteiger partial charge in [0.25, 0.3) is 0 Å². The van der Waals surface area contributed by atoms with Gasteiger partial charge in [0.15, 0.2) is 0 Å². The second-order valence-corrected chi connectivity index (χ2v) is 3.88. The molecular formula is C10H22N2O. The standard InChI is InChI=1S/C10H22N2O/c1-5-9(11)7-6-8(2)10(13)12(3)4/h8-9H,5-7,11H2,1-4H3. The number of carbonyl (C=O) groups is 1. The lowest BCUT2D eigenvalue weighted by molar-refractivity contribution is -0.132. The summed E-state index contributed by atoms with van der Waals surface area (Å²) in [6.07, 6.45) is 2.83. The van der Waals surface area contributed by atoms with Crippen LogP contribution in [0.5, 0.6) is 0 Å². The first-order valence-electron chi connectivity index (χ1n) is 4.95. The van der Waals surface area contributed by atoms with Gasteiger partial charge in [-0.3, -0.25) is 4.79 Å². The Labute approximate surface area is 81.3 Å². The lowest BCUT2D eigenvalue weighted by atomic mass is 10.00. The first-order chi connectivity index (χ1) is 5.99. The zero-order chi connectivity index (χ0) is 10.4. The Bertz CT molecular complexity index is 157. The van der Waals surface area contributed by atoms with Crippen LogP contribution in [-0.4, -0.2) is 30.9 Å². The number of amides is 1. The van der Waals surface area contributed by atoms with Crippen LogP contribution in [0, 0.1) is 5.92 Å². The Hall–Kier alpha value is -0.570. The van der Waals surface area contributed by atoms with Crippen molar-refractivity contribution >= 4 is 5.91 Å². The molecule has 0 saturated carbocycles. The third-order valence-corrected chi connectivity index (χ3v) is 2.36. The van der Waals surface area contributed by atoms with Crippen molar-refractivity contribution in [3.63, 3.8) is 0 Å². The van der Waals surface area contributed by atoms with Gasteiger partial charge in [0.05, 0.1) is 0 Å². The number of hydrogen-bond donors (Lipinski definition) is 1. The molecule has 1 amide bonds. The van der Waals surface area contributed by atoms with Crippen molar-refractivity contribution < 1.29 is 4.79 Å². The van der Waals surface area contributed by atoms with Crippen molar-refractivity contribution in [1.82, 2.24) is 4.90 Å². The molecule has 0 saturated heterocycles. The topological polar surface area (TPSA) is 46.3 Å². The summed E-state index contributed by atoms with van der Waals surface area (Å²) in [5.41, 5.74) is 5.77. The van der Waals surface area contributed by atoms with Crippen LogP contribution < -0.4 is 5.73 Å². The van der Waals surface area contributed by atoms with Gasteiger partial charge in [-0.15, -0.1) is 0 Å². The minimum Gasteiger partial charge on any atom is -0.349 e. The molecule has 0 bridgehead atoms. The predicted molar refractivity (Wildman–Crippen MR) is 55.4 cm³/mol. The summed E-state index contributed by atoms with van der Waals surface area (Å²) in [4.78, 5) is 13.1. The van der Waals surface area contributed by atoms with Crippen molar-refractivity contribution in [3.05, 3.63) is 0 Å². The van der Waals surface area contributed by atoms with E-state index in [0.29, 0.717) is 0 Å². The Balaban J connectivity index is 3.74. The number of nitrogens with two attached hydrogens (primary N) is 1. The highest BCUT2D eigenvalue weighted by atomic mass is 16.2. The van der Waals surface area contributed by atoms with Crippen molar-refractivity contribution in [3.8, 4) is 0 Å². The lowest BCUT2D eigenvalue weighted by Crippen LogP contribution is -2.29. The third-order valence-electron chi connectivity index (χ3n) is 2.36. The van der Waals surface area contributed by atoms with E-state index in [1.807, 2.05) is 6.92 Å². The first-order valence-corrected chi connectivity index (χ1v) is 4.95. The van der Waals surface area contributed by atoms with Gasteiger partial charge in [0, 0.05) is 26.1 Å². The van der Waals surface area contributed by atoms with E-state index in [1.54, 1.807) is 19.0 Å². The van der Waals surface area contributed by atoms with Gasteiger partial charge in [-0.2, -0.15) is 0 Å². The summed E-state index contributed by atoms with van der Waals surface area (Å²) < 4.78 is 0. The fraction of sp³-hybridized carbons (Fsp3) is 0.900. The monoisotopic (exact) mass is 186 g/mol. The average molecular weight is 186 g/mol. The highest BCUT2D eigenvalue weighted by molar-refractivity contribution is 5.77. The zero-order valence-electron chi connectivity index (χ0n) is 9.21. The number of rotatable bonds is 5. The SMILES string of the molecule is CCC(N)CCC(C)C(=O)N(C)C. The molecular weight excluding hydrogens is 164 g/mol. The maximum Gasteiger partial charge on any atom is 0.224 e. The van der Waals surface area contributed by atoms with Crippen LogP contribution in [0.4, 0.5) is 0 Å². The van der Waals surface area contributed by atoms with Crippen LogP contribution in [0.25, 0.3) is 0 Å². The summed E-state index contributed by atoms with van der Waals surface area (Å²) in [5, 5.41) is 0. The van der Waals surface area contributed by atoms with Crippen LogP contribution in [0.15, 0.2) is 0 Å². The van der Waals surface area contributed by atoms with Gasteiger partial charge >= 0.3 is 0 Å². The molecule has 0 radical (unpaired) electrons. The minimum absolute atomic E-state index is 0.104. The second-order valence-electron chi connectivity index (χ2n) is 3.88. The van der Waals surface area contributed by atoms with Crippen molar-refractivity contribution in [2.75, 3.05) is 14.1 Å². The van der Waals surface area contributed by atoms with Gasteiger partial charge in [0.2, 0.25) is 5.91 Å². The molecule has 0 spiro atoms. The van der Waals surface area contributed by atoms with E-state index < -0.39 is 0 Å². The van der Waals surface area contributed by atoms with Crippen LogP contribution in [0.2, 0.25) is 0 Å². The summed E-state index contributed by atoms with van der Waals surface area (Å²) in [7, 11) is 3.58. The maximum atomic E-state index is 11.4. The summed E-state index contributed by atoms with van der Waals surface area (Å²) >= 11 is 0. The molecule has 0 fully saturated rings. The second kappa shape index (κ2) is 5.97. The van der Waals surface area contributed by atoms with E-state index in [9.17, 15) is 4.79 Å². The van der Waals surface area contributed by atoms with Gasteiger partial charge in [0.1, 0.15) is 0 Å². The van der Waals surface area contributed by atoms with E-state index in [2.05, 4.69) is 6.92 Å². The quantitative estimate of drug-likeness (QED) is 0.702. The van der Waals surface area contributed by atoms with Crippen molar-refractivity contribution in [2.45, 2.75) is 39.2 Å². The molecule has 13 heavy (non-hydrogen) atoms. The number of nitrogens with zero attached hydrogens (tertiary/aromatic N) is 1. The molecule has 0 aromatic rings. The van der Waals surface area contributed by atoms with Gasteiger partial charge in [-0.1, -0.05) is 13.8 Å². The lowest BCUT2D eigenvalue weighted by Gasteiger charge is -2.17. The molecule has 0 rings (SSSR count). The summed E-state index contributed by atoms with van der Waals surface area (Å²) in [5.74, 6) is 0.302. The number of carbonyl (C=O) groups excluding carboxylic acids is 1. The number of hydrogen-bond acceptors (Lipinski definition) is 2. The highest BCUT2D eigenvalue weighted by Crippen LogP contribution is 2.10. The van der Waals surface area contributed by atoms with Crippen LogP contribution in [-0.2, 0) is 4.79 Å². The Morgan fingerprint density at radius 2 is 1.92 bits per heavy atom. The maximum absolute atomic E-state index is 11.4. The molecule has 2 N–H and O–H groups in total. The average Bonchev–Trinajstić information content (AvgIpc) is 2.11. The van der Waals surface area contributed by atoms with Crippen LogP contribution in [0.1, 0.15) is 33.1 Å². The van der Waals surface area contributed by atoms with Crippen LogP contribution in [0.3, 0.4) is 0 Å². The van der Waals surface area contributed by atoms with Gasteiger partial charge in [-0.05, 0) is 19.3 Å². The molecule has 0 aromatic carbocycles. The fourth-order valence-corrected chi connectivity index (χ4v) is 1.23. The molecule has 0 aliphatic carbocycles. The molecule has 0 aliphatic heterocycles. The largest absolute Gasteiger partial charge is 0.349 e. The molecule has 0 aromatic heterocycles.